The highest BCUT2D eigenvalue weighted by Crippen LogP contribution is 2.24. The highest BCUT2D eigenvalue weighted by molar-refractivity contribution is 5.39. The van der Waals surface area contributed by atoms with E-state index < -0.39 is 0 Å². The molecule has 1 heterocycles. The van der Waals surface area contributed by atoms with Crippen molar-refractivity contribution in [3.63, 3.8) is 0 Å². The average molecular weight is 193 g/mol. The van der Waals surface area contributed by atoms with Crippen molar-refractivity contribution < 1.29 is 10.2 Å². The van der Waals surface area contributed by atoms with E-state index in [1.165, 1.54) is 12.5 Å². The van der Waals surface area contributed by atoms with Crippen LogP contribution in [0.15, 0.2) is 18.2 Å². The Morgan fingerprint density at radius 2 is 2.21 bits per heavy atom. The smallest absolute Gasteiger partial charge is 0.119 e. The molecule has 1 unspecified atom stereocenters. The van der Waals surface area contributed by atoms with E-state index in [0.29, 0.717) is 6.04 Å². The molecule has 0 radical (unpaired) electrons. The van der Waals surface area contributed by atoms with Crippen LogP contribution in [0.2, 0.25) is 0 Å². The molecular weight excluding hydrogens is 178 g/mol. The minimum absolute atomic E-state index is 0.218. The summed E-state index contributed by atoms with van der Waals surface area (Å²) in [6, 6.07) is 5.12. The fraction of sp³-hybridized carbons (Fsp3) is 0.455. The van der Waals surface area contributed by atoms with Crippen molar-refractivity contribution in [1.29, 1.82) is 0 Å². The second kappa shape index (κ2) is 3.88. The molecule has 1 saturated heterocycles. The molecule has 1 fully saturated rings. The topological polar surface area (TPSA) is 52.5 Å². The van der Waals surface area contributed by atoms with Crippen molar-refractivity contribution >= 4 is 0 Å². The first-order valence-corrected chi connectivity index (χ1v) is 5.00. The second-order valence-electron chi connectivity index (χ2n) is 3.81. The van der Waals surface area contributed by atoms with Gasteiger partial charge in [0.15, 0.2) is 0 Å². The van der Waals surface area contributed by atoms with Gasteiger partial charge in [-0.3, -0.25) is 0 Å². The van der Waals surface area contributed by atoms with Gasteiger partial charge in [0, 0.05) is 6.04 Å². The zero-order valence-electron chi connectivity index (χ0n) is 8.03. The molecule has 3 heteroatoms. The Hall–Kier alpha value is -1.22. The highest BCUT2D eigenvalue weighted by atomic mass is 16.3. The van der Waals surface area contributed by atoms with E-state index >= 15 is 0 Å². The van der Waals surface area contributed by atoms with Crippen LogP contribution in [-0.2, 0) is 6.42 Å². The molecule has 3 N–H and O–H groups in total. The summed E-state index contributed by atoms with van der Waals surface area (Å²) in [6.45, 7) is 1.06. The van der Waals surface area contributed by atoms with E-state index in [4.69, 9.17) is 0 Å². The van der Waals surface area contributed by atoms with Crippen LogP contribution in [0.25, 0.3) is 0 Å². The van der Waals surface area contributed by atoms with Crippen molar-refractivity contribution in [2.24, 2.45) is 0 Å². The molecule has 1 atom stereocenters. The average Bonchev–Trinajstić information content (AvgIpc) is 2.64. The van der Waals surface area contributed by atoms with E-state index in [1.807, 2.05) is 0 Å². The Bertz CT molecular complexity index is 319. The molecular formula is C11H15NO2. The Kier molecular flexibility index (Phi) is 2.59. The van der Waals surface area contributed by atoms with Gasteiger partial charge in [-0.05, 0) is 49.6 Å². The number of hydrogen-bond donors (Lipinski definition) is 3. The van der Waals surface area contributed by atoms with Gasteiger partial charge in [0.1, 0.15) is 11.5 Å². The summed E-state index contributed by atoms with van der Waals surface area (Å²) < 4.78 is 0. The molecule has 1 aliphatic heterocycles. The van der Waals surface area contributed by atoms with Crippen molar-refractivity contribution in [3.05, 3.63) is 23.8 Å². The number of aromatic hydroxyl groups is 2. The summed E-state index contributed by atoms with van der Waals surface area (Å²) in [7, 11) is 0. The molecule has 0 amide bonds. The van der Waals surface area contributed by atoms with Gasteiger partial charge in [0.2, 0.25) is 0 Å². The predicted octanol–water partition coefficient (Wildman–Crippen LogP) is 1.39. The number of phenols is 2. The van der Waals surface area contributed by atoms with Gasteiger partial charge in [-0.2, -0.15) is 0 Å². The predicted molar refractivity (Wildman–Crippen MR) is 54.5 cm³/mol. The lowest BCUT2D eigenvalue weighted by molar-refractivity contribution is 0.449. The Morgan fingerprint density at radius 3 is 2.93 bits per heavy atom. The number of rotatable bonds is 2. The molecule has 0 aliphatic carbocycles. The van der Waals surface area contributed by atoms with Gasteiger partial charge in [-0.1, -0.05) is 0 Å². The lowest BCUT2D eigenvalue weighted by atomic mass is 10.0. The standard InChI is InChI=1S/C11H15NO2/c13-10-3-4-11(14)8(7-10)6-9-2-1-5-12-9/h3-4,7,9,12-14H,1-2,5-6H2. The molecule has 1 aromatic rings. The molecule has 0 aromatic heterocycles. The fourth-order valence-electron chi connectivity index (χ4n) is 1.93. The molecule has 0 bridgehead atoms. The third kappa shape index (κ3) is 1.99. The molecule has 1 aliphatic rings. The van der Waals surface area contributed by atoms with Crippen LogP contribution < -0.4 is 5.32 Å². The number of nitrogens with one attached hydrogen (secondary N) is 1. The van der Waals surface area contributed by atoms with Gasteiger partial charge in [-0.15, -0.1) is 0 Å². The maximum atomic E-state index is 9.56. The largest absolute Gasteiger partial charge is 0.508 e. The molecule has 2 rings (SSSR count). The molecule has 76 valence electrons. The van der Waals surface area contributed by atoms with Gasteiger partial charge >= 0.3 is 0 Å². The monoisotopic (exact) mass is 193 g/mol. The Labute approximate surface area is 83.4 Å². The van der Waals surface area contributed by atoms with Gasteiger partial charge in [0.05, 0.1) is 0 Å². The zero-order valence-corrected chi connectivity index (χ0v) is 8.03. The van der Waals surface area contributed by atoms with Crippen LogP contribution in [-0.4, -0.2) is 22.8 Å². The van der Waals surface area contributed by atoms with Crippen LogP contribution in [0.4, 0.5) is 0 Å². The maximum Gasteiger partial charge on any atom is 0.119 e. The van der Waals surface area contributed by atoms with E-state index in [1.54, 1.807) is 12.1 Å². The third-order valence-corrected chi connectivity index (χ3v) is 2.69. The zero-order chi connectivity index (χ0) is 9.97. The molecule has 14 heavy (non-hydrogen) atoms. The van der Waals surface area contributed by atoms with E-state index in [2.05, 4.69) is 5.32 Å². The van der Waals surface area contributed by atoms with Gasteiger partial charge < -0.3 is 15.5 Å². The number of phenolic OH excluding ortho intramolecular Hbond substituents is 2. The molecule has 0 saturated carbocycles. The minimum atomic E-state index is 0.218. The van der Waals surface area contributed by atoms with Gasteiger partial charge in [0.25, 0.3) is 0 Å². The van der Waals surface area contributed by atoms with E-state index in [-0.39, 0.29) is 11.5 Å². The quantitative estimate of drug-likeness (QED) is 0.622. The Morgan fingerprint density at radius 1 is 1.36 bits per heavy atom. The molecule has 3 nitrogen and oxygen atoms in total. The van der Waals surface area contributed by atoms with Crippen molar-refractivity contribution in [1.82, 2.24) is 5.32 Å². The summed E-state index contributed by atoms with van der Waals surface area (Å²) >= 11 is 0. The second-order valence-corrected chi connectivity index (χ2v) is 3.81. The minimum Gasteiger partial charge on any atom is -0.508 e. The van der Waals surface area contributed by atoms with Crippen LogP contribution in [0, 0.1) is 0 Å². The Balaban J connectivity index is 2.10. The number of hydrogen-bond acceptors (Lipinski definition) is 3. The molecule has 0 spiro atoms. The van der Waals surface area contributed by atoms with Crippen LogP contribution in [0.5, 0.6) is 11.5 Å². The van der Waals surface area contributed by atoms with Crippen LogP contribution in [0.1, 0.15) is 18.4 Å². The summed E-state index contributed by atoms with van der Waals surface area (Å²) in [6.07, 6.45) is 3.14. The fourth-order valence-corrected chi connectivity index (χ4v) is 1.93. The highest BCUT2D eigenvalue weighted by Gasteiger charge is 2.16. The molecule has 1 aromatic carbocycles. The summed E-state index contributed by atoms with van der Waals surface area (Å²) in [5, 5.41) is 22.2. The lowest BCUT2D eigenvalue weighted by Crippen LogP contribution is -2.23. The van der Waals surface area contributed by atoms with Crippen molar-refractivity contribution in [2.75, 3.05) is 6.54 Å². The normalized spacial score (nSPS) is 21.3. The van der Waals surface area contributed by atoms with E-state index in [0.717, 1.165) is 24.9 Å². The SMILES string of the molecule is Oc1ccc(O)c(CC2CCCN2)c1. The first-order chi connectivity index (χ1) is 6.75. The summed E-state index contributed by atoms with van der Waals surface area (Å²) in [5.74, 6) is 0.493. The van der Waals surface area contributed by atoms with Crippen molar-refractivity contribution in [3.8, 4) is 11.5 Å². The lowest BCUT2D eigenvalue weighted by Gasteiger charge is -2.11. The van der Waals surface area contributed by atoms with Crippen molar-refractivity contribution in [2.45, 2.75) is 25.3 Å². The van der Waals surface area contributed by atoms with Gasteiger partial charge in [-0.25, -0.2) is 0 Å². The number of benzene rings is 1. The van der Waals surface area contributed by atoms with Crippen LogP contribution >= 0.6 is 0 Å². The van der Waals surface area contributed by atoms with E-state index in [9.17, 15) is 10.2 Å². The maximum absolute atomic E-state index is 9.56. The third-order valence-electron chi connectivity index (χ3n) is 2.69. The summed E-state index contributed by atoms with van der Waals surface area (Å²) in [4.78, 5) is 0. The van der Waals surface area contributed by atoms with Crippen LogP contribution in [0.3, 0.4) is 0 Å². The first-order valence-electron chi connectivity index (χ1n) is 5.00. The first kappa shape index (κ1) is 9.34. The summed E-state index contributed by atoms with van der Waals surface area (Å²) in [5.41, 5.74) is 0.824.